The molecule has 3 rings (SSSR count). The minimum Gasteiger partial charge on any atom is -0.440 e. The molecule has 2 heterocycles. The van der Waals surface area contributed by atoms with E-state index in [0.29, 0.717) is 0 Å². The Hall–Kier alpha value is -2.94. The number of hydrogen-bond donors (Lipinski definition) is 2. The fraction of sp³-hybridized carbons (Fsp3) is 0.333. The van der Waals surface area contributed by atoms with Gasteiger partial charge in [-0.3, -0.25) is 4.79 Å². The van der Waals surface area contributed by atoms with Gasteiger partial charge in [-0.15, -0.1) is 0 Å². The highest BCUT2D eigenvalue weighted by Gasteiger charge is 2.18. The van der Waals surface area contributed by atoms with Crippen molar-refractivity contribution in [2.45, 2.75) is 19.3 Å². The first-order chi connectivity index (χ1) is 11.7. The summed E-state index contributed by atoms with van der Waals surface area (Å²) >= 11 is 0. The fourth-order valence-electron chi connectivity index (χ4n) is 2.89. The van der Waals surface area contributed by atoms with Crippen LogP contribution in [0.4, 0.5) is 17.1 Å². The second kappa shape index (κ2) is 7.09. The average molecular weight is 324 g/mol. The van der Waals surface area contributed by atoms with Crippen LogP contribution < -0.4 is 15.5 Å². The second-order valence-electron chi connectivity index (χ2n) is 5.76. The number of nitriles is 1. The number of rotatable bonds is 4. The number of carbonyl (C=O) groups excluding carboxylic acids is 1. The van der Waals surface area contributed by atoms with Crippen LogP contribution in [0.15, 0.2) is 34.7 Å². The van der Waals surface area contributed by atoms with E-state index in [2.05, 4.69) is 15.5 Å². The molecule has 124 valence electrons. The number of carbonyl (C=O) groups is 1. The molecule has 0 radical (unpaired) electrons. The van der Waals surface area contributed by atoms with Crippen LogP contribution in [0.25, 0.3) is 0 Å². The van der Waals surface area contributed by atoms with Crippen molar-refractivity contribution in [2.75, 3.05) is 35.7 Å². The molecule has 6 heteroatoms. The van der Waals surface area contributed by atoms with E-state index in [9.17, 15) is 4.79 Å². The predicted octanol–water partition coefficient (Wildman–Crippen LogP) is 3.44. The number of benzene rings is 1. The number of furan rings is 1. The molecule has 6 nitrogen and oxygen atoms in total. The van der Waals surface area contributed by atoms with E-state index in [1.807, 2.05) is 31.3 Å². The lowest BCUT2D eigenvalue weighted by Crippen LogP contribution is -2.30. The van der Waals surface area contributed by atoms with Gasteiger partial charge in [-0.1, -0.05) is 0 Å². The smallest absolute Gasteiger partial charge is 0.291 e. The van der Waals surface area contributed by atoms with E-state index in [1.165, 1.54) is 18.6 Å². The van der Waals surface area contributed by atoms with E-state index < -0.39 is 0 Å². The molecule has 1 aliphatic heterocycles. The van der Waals surface area contributed by atoms with Gasteiger partial charge >= 0.3 is 0 Å². The third-order valence-electron chi connectivity index (χ3n) is 4.17. The van der Waals surface area contributed by atoms with Gasteiger partial charge in [0.2, 0.25) is 5.76 Å². The molecule has 2 aromatic rings. The summed E-state index contributed by atoms with van der Waals surface area (Å²) in [5.74, 6) is -0.0947. The minimum atomic E-state index is -0.355. The summed E-state index contributed by atoms with van der Waals surface area (Å²) in [6.45, 7) is 1.96. The largest absolute Gasteiger partial charge is 0.440 e. The third-order valence-corrected chi connectivity index (χ3v) is 4.17. The Kier molecular flexibility index (Phi) is 4.71. The van der Waals surface area contributed by atoms with E-state index in [1.54, 1.807) is 0 Å². The van der Waals surface area contributed by atoms with Gasteiger partial charge in [-0.25, -0.2) is 0 Å². The quantitative estimate of drug-likeness (QED) is 0.900. The molecule has 0 aliphatic carbocycles. The lowest BCUT2D eigenvalue weighted by molar-refractivity contribution is 0.0996. The van der Waals surface area contributed by atoms with Crippen LogP contribution in [-0.4, -0.2) is 26.0 Å². The van der Waals surface area contributed by atoms with Gasteiger partial charge in [0, 0.05) is 25.8 Å². The van der Waals surface area contributed by atoms with Crippen molar-refractivity contribution in [2.24, 2.45) is 0 Å². The maximum atomic E-state index is 12.4. The van der Waals surface area contributed by atoms with Crippen LogP contribution in [0.1, 0.15) is 35.6 Å². The van der Waals surface area contributed by atoms with Crippen molar-refractivity contribution >= 4 is 23.0 Å². The Labute approximate surface area is 141 Å². The average Bonchev–Trinajstić information content (AvgIpc) is 3.12. The zero-order valence-corrected chi connectivity index (χ0v) is 13.6. The Morgan fingerprint density at radius 1 is 1.21 bits per heavy atom. The summed E-state index contributed by atoms with van der Waals surface area (Å²) in [6, 6.07) is 10.7. The Morgan fingerprint density at radius 3 is 2.67 bits per heavy atom. The first-order valence-electron chi connectivity index (χ1n) is 8.09. The number of hydrogen-bond acceptors (Lipinski definition) is 5. The Morgan fingerprint density at radius 2 is 2.00 bits per heavy atom. The van der Waals surface area contributed by atoms with Gasteiger partial charge in [-0.2, -0.15) is 5.26 Å². The lowest BCUT2D eigenvalue weighted by atomic mass is 10.1. The van der Waals surface area contributed by atoms with Crippen molar-refractivity contribution in [1.82, 2.24) is 0 Å². The molecule has 0 unspecified atom stereocenters. The summed E-state index contributed by atoms with van der Waals surface area (Å²) in [4.78, 5) is 14.7. The molecule has 2 N–H and O–H groups in total. The van der Waals surface area contributed by atoms with Crippen molar-refractivity contribution in [3.05, 3.63) is 41.9 Å². The second-order valence-corrected chi connectivity index (χ2v) is 5.76. The number of amides is 1. The van der Waals surface area contributed by atoms with Crippen molar-refractivity contribution in [1.29, 1.82) is 5.26 Å². The van der Waals surface area contributed by atoms with Gasteiger partial charge in [0.15, 0.2) is 5.76 Å². The molecule has 1 aromatic carbocycles. The van der Waals surface area contributed by atoms with Crippen LogP contribution in [0.5, 0.6) is 0 Å². The van der Waals surface area contributed by atoms with Gasteiger partial charge in [0.05, 0.1) is 11.4 Å². The lowest BCUT2D eigenvalue weighted by Gasteiger charge is -2.31. The van der Waals surface area contributed by atoms with E-state index in [0.717, 1.165) is 43.0 Å². The molecule has 1 aliphatic rings. The van der Waals surface area contributed by atoms with E-state index in [-0.39, 0.29) is 17.4 Å². The molecule has 0 atom stereocenters. The zero-order chi connectivity index (χ0) is 16.9. The van der Waals surface area contributed by atoms with Crippen LogP contribution in [-0.2, 0) is 0 Å². The van der Waals surface area contributed by atoms with Gasteiger partial charge in [0.25, 0.3) is 5.91 Å². The van der Waals surface area contributed by atoms with Gasteiger partial charge in [0.1, 0.15) is 6.07 Å². The summed E-state index contributed by atoms with van der Waals surface area (Å²) in [7, 11) is 1.87. The fourth-order valence-corrected chi connectivity index (χ4v) is 2.89. The van der Waals surface area contributed by atoms with Crippen LogP contribution in [0, 0.1) is 11.3 Å². The summed E-state index contributed by atoms with van der Waals surface area (Å²) < 4.78 is 5.20. The standard InChI is InChI=1S/C18H20N4O2/c1-20-13-5-7-15(16(11-13)22-9-3-2-4-10-22)21-18(23)17-8-6-14(12-19)24-17/h5-8,11,20H,2-4,9-10H2,1H3,(H,21,23). The minimum absolute atomic E-state index is 0.127. The maximum absolute atomic E-state index is 12.4. The topological polar surface area (TPSA) is 81.3 Å². The highest BCUT2D eigenvalue weighted by Crippen LogP contribution is 2.32. The van der Waals surface area contributed by atoms with Crippen molar-refractivity contribution in [3.63, 3.8) is 0 Å². The molecule has 0 saturated carbocycles. The highest BCUT2D eigenvalue weighted by molar-refractivity contribution is 6.04. The van der Waals surface area contributed by atoms with E-state index >= 15 is 0 Å². The molecule has 0 spiro atoms. The SMILES string of the molecule is CNc1ccc(NC(=O)c2ccc(C#N)o2)c(N2CCCCC2)c1. The normalized spacial score (nSPS) is 14.1. The predicted molar refractivity (Wildman–Crippen MR) is 93.4 cm³/mol. The molecule has 1 aromatic heterocycles. The summed E-state index contributed by atoms with van der Waals surface area (Å²) in [5.41, 5.74) is 2.75. The molecular weight excluding hydrogens is 304 g/mol. The molecule has 1 fully saturated rings. The Balaban J connectivity index is 1.86. The number of piperidine rings is 1. The first-order valence-corrected chi connectivity index (χ1v) is 8.09. The van der Waals surface area contributed by atoms with Crippen molar-refractivity contribution in [3.8, 4) is 6.07 Å². The monoisotopic (exact) mass is 324 g/mol. The highest BCUT2D eigenvalue weighted by atomic mass is 16.3. The number of nitrogens with one attached hydrogen (secondary N) is 2. The van der Waals surface area contributed by atoms with Crippen LogP contribution >= 0.6 is 0 Å². The van der Waals surface area contributed by atoms with Gasteiger partial charge in [-0.05, 0) is 49.6 Å². The van der Waals surface area contributed by atoms with Gasteiger partial charge < -0.3 is 20.0 Å². The molecular formula is C18H20N4O2. The van der Waals surface area contributed by atoms with Crippen LogP contribution in [0.3, 0.4) is 0 Å². The molecule has 1 amide bonds. The first kappa shape index (κ1) is 15.9. The molecule has 1 saturated heterocycles. The summed E-state index contributed by atoms with van der Waals surface area (Å²) in [5, 5.41) is 14.8. The Bertz CT molecular complexity index is 770. The zero-order valence-electron chi connectivity index (χ0n) is 13.6. The molecule has 24 heavy (non-hydrogen) atoms. The van der Waals surface area contributed by atoms with E-state index in [4.69, 9.17) is 9.68 Å². The maximum Gasteiger partial charge on any atom is 0.291 e. The van der Waals surface area contributed by atoms with Crippen molar-refractivity contribution < 1.29 is 9.21 Å². The summed E-state index contributed by atoms with van der Waals surface area (Å²) in [6.07, 6.45) is 3.55. The van der Waals surface area contributed by atoms with Crippen LogP contribution in [0.2, 0.25) is 0 Å². The third kappa shape index (κ3) is 3.35. The number of nitrogens with zero attached hydrogens (tertiary/aromatic N) is 2. The molecule has 0 bridgehead atoms. The number of anilines is 3.